The van der Waals surface area contributed by atoms with E-state index in [9.17, 15) is 0 Å². The van der Waals surface area contributed by atoms with Gasteiger partial charge in [-0.25, -0.2) is 0 Å². The van der Waals surface area contributed by atoms with Crippen molar-refractivity contribution >= 4 is 12.3 Å². The fourth-order valence-corrected chi connectivity index (χ4v) is 2.05. The lowest BCUT2D eigenvalue weighted by Gasteiger charge is -2.31. The number of hydrogen-bond acceptors (Lipinski definition) is 3. The highest BCUT2D eigenvalue weighted by atomic mass is 32.2. The molecule has 0 radical (unpaired) electrons. The van der Waals surface area contributed by atoms with Crippen LogP contribution in [0.3, 0.4) is 0 Å². The van der Waals surface area contributed by atoms with E-state index in [1.54, 1.807) is 0 Å². The Morgan fingerprint density at radius 1 is 1.00 bits per heavy atom. The van der Waals surface area contributed by atoms with E-state index in [1.807, 2.05) is 0 Å². The van der Waals surface area contributed by atoms with E-state index in [-0.39, 0.29) is 0 Å². The molecule has 0 amide bonds. The minimum Gasteiger partial charge on any atom is -0.288 e. The van der Waals surface area contributed by atoms with Gasteiger partial charge in [-0.3, -0.25) is 8.37 Å². The highest BCUT2D eigenvalue weighted by molar-refractivity contribution is 7.89. The Bertz CT molecular complexity index is 122. The standard InChI is InChI=1S/C9H18O2S/c1-6(2)8-5-9(7(3)4)11-12-10-8/h6-9H,5H2,1-4H3/t8-,9-/m1/s1. The summed E-state index contributed by atoms with van der Waals surface area (Å²) in [4.78, 5) is 0. The van der Waals surface area contributed by atoms with Gasteiger partial charge in [0.2, 0.25) is 0 Å². The second-order valence-electron chi connectivity index (χ2n) is 4.06. The highest BCUT2D eigenvalue weighted by Crippen LogP contribution is 2.31. The van der Waals surface area contributed by atoms with Crippen molar-refractivity contribution in [1.29, 1.82) is 0 Å². The normalized spacial score (nSPS) is 31.5. The molecule has 0 unspecified atom stereocenters. The number of hydrogen-bond donors (Lipinski definition) is 0. The van der Waals surface area contributed by atoms with Gasteiger partial charge in [-0.15, -0.1) is 0 Å². The lowest BCUT2D eigenvalue weighted by atomic mass is 9.95. The molecule has 1 fully saturated rings. The third-order valence-electron chi connectivity index (χ3n) is 2.28. The molecule has 0 aromatic rings. The first-order valence-electron chi connectivity index (χ1n) is 4.60. The average Bonchev–Trinajstić information content (AvgIpc) is 2.04. The molecular formula is C9H18O2S. The van der Waals surface area contributed by atoms with Gasteiger partial charge in [-0.05, 0) is 11.8 Å². The second kappa shape index (κ2) is 4.49. The molecule has 0 saturated carbocycles. The molecule has 1 rings (SSSR count). The molecule has 1 heterocycles. The summed E-state index contributed by atoms with van der Waals surface area (Å²) >= 11 is 1.17. The fraction of sp³-hybridized carbons (Fsp3) is 1.00. The average molecular weight is 190 g/mol. The predicted octanol–water partition coefficient (Wildman–Crippen LogP) is 3.04. The van der Waals surface area contributed by atoms with E-state index in [1.165, 1.54) is 12.3 Å². The van der Waals surface area contributed by atoms with Crippen LogP contribution in [-0.4, -0.2) is 12.2 Å². The maximum atomic E-state index is 5.41. The van der Waals surface area contributed by atoms with Crippen molar-refractivity contribution in [2.24, 2.45) is 11.8 Å². The van der Waals surface area contributed by atoms with Crippen molar-refractivity contribution in [3.8, 4) is 0 Å². The molecule has 72 valence electrons. The first-order chi connectivity index (χ1) is 5.61. The molecule has 0 aromatic carbocycles. The molecule has 3 heteroatoms. The van der Waals surface area contributed by atoms with Gasteiger partial charge >= 0.3 is 0 Å². The van der Waals surface area contributed by atoms with Gasteiger partial charge in [-0.1, -0.05) is 27.7 Å². The van der Waals surface area contributed by atoms with Gasteiger partial charge in [-0.2, -0.15) is 0 Å². The van der Waals surface area contributed by atoms with Gasteiger partial charge in [0.15, 0.2) is 12.3 Å². The molecule has 0 spiro atoms. The molecular weight excluding hydrogens is 172 g/mol. The van der Waals surface area contributed by atoms with E-state index in [0.717, 1.165) is 6.42 Å². The highest BCUT2D eigenvalue weighted by Gasteiger charge is 2.28. The minimum atomic E-state index is 0.358. The third-order valence-corrected chi connectivity index (χ3v) is 2.93. The first kappa shape index (κ1) is 10.4. The Balaban J connectivity index is 2.40. The van der Waals surface area contributed by atoms with Gasteiger partial charge in [0.1, 0.15) is 0 Å². The molecule has 0 aliphatic carbocycles. The SMILES string of the molecule is CC(C)[C@H]1C[C@H](C(C)C)OSO1. The van der Waals surface area contributed by atoms with Crippen LogP contribution >= 0.6 is 12.3 Å². The van der Waals surface area contributed by atoms with Crippen molar-refractivity contribution in [2.45, 2.75) is 46.3 Å². The van der Waals surface area contributed by atoms with Crippen LogP contribution in [0.2, 0.25) is 0 Å². The first-order valence-corrected chi connectivity index (χ1v) is 5.26. The van der Waals surface area contributed by atoms with E-state index >= 15 is 0 Å². The Labute approximate surface area is 79.4 Å². The minimum absolute atomic E-state index is 0.358. The summed E-state index contributed by atoms with van der Waals surface area (Å²) in [6, 6.07) is 0. The topological polar surface area (TPSA) is 18.5 Å². The zero-order valence-electron chi connectivity index (χ0n) is 8.24. The Morgan fingerprint density at radius 3 is 1.75 bits per heavy atom. The van der Waals surface area contributed by atoms with Crippen molar-refractivity contribution in [1.82, 2.24) is 0 Å². The molecule has 1 aliphatic heterocycles. The second-order valence-corrected chi connectivity index (χ2v) is 4.58. The zero-order valence-corrected chi connectivity index (χ0v) is 9.06. The van der Waals surface area contributed by atoms with Gasteiger partial charge < -0.3 is 0 Å². The van der Waals surface area contributed by atoms with Gasteiger partial charge in [0.25, 0.3) is 0 Å². The van der Waals surface area contributed by atoms with E-state index in [4.69, 9.17) is 8.37 Å². The summed E-state index contributed by atoms with van der Waals surface area (Å²) in [7, 11) is 0. The smallest absolute Gasteiger partial charge is 0.159 e. The fourth-order valence-electron chi connectivity index (χ4n) is 1.20. The summed E-state index contributed by atoms with van der Waals surface area (Å²) in [6.07, 6.45) is 1.75. The van der Waals surface area contributed by atoms with Crippen molar-refractivity contribution in [3.63, 3.8) is 0 Å². The number of rotatable bonds is 2. The molecule has 1 saturated heterocycles. The third kappa shape index (κ3) is 2.64. The quantitative estimate of drug-likeness (QED) is 0.624. The van der Waals surface area contributed by atoms with Crippen LogP contribution in [0.1, 0.15) is 34.1 Å². The summed E-state index contributed by atoms with van der Waals surface area (Å²) in [5.41, 5.74) is 0. The van der Waals surface area contributed by atoms with Crippen molar-refractivity contribution in [2.75, 3.05) is 0 Å². The molecule has 1 aliphatic rings. The van der Waals surface area contributed by atoms with Crippen LogP contribution in [0, 0.1) is 11.8 Å². The summed E-state index contributed by atoms with van der Waals surface area (Å²) < 4.78 is 10.8. The van der Waals surface area contributed by atoms with Crippen LogP contribution in [0.4, 0.5) is 0 Å². The van der Waals surface area contributed by atoms with E-state index in [0.29, 0.717) is 24.0 Å². The zero-order chi connectivity index (χ0) is 9.14. The monoisotopic (exact) mass is 190 g/mol. The summed E-state index contributed by atoms with van der Waals surface area (Å²) in [5.74, 6) is 1.17. The molecule has 0 N–H and O–H groups in total. The van der Waals surface area contributed by atoms with E-state index in [2.05, 4.69) is 27.7 Å². The van der Waals surface area contributed by atoms with Crippen LogP contribution in [0.25, 0.3) is 0 Å². The summed E-state index contributed by atoms with van der Waals surface area (Å²) in [5, 5.41) is 0. The van der Waals surface area contributed by atoms with Crippen LogP contribution in [0.5, 0.6) is 0 Å². The maximum Gasteiger partial charge on any atom is 0.159 e. The van der Waals surface area contributed by atoms with Gasteiger partial charge in [0, 0.05) is 6.42 Å². The van der Waals surface area contributed by atoms with Crippen molar-refractivity contribution in [3.05, 3.63) is 0 Å². The lowest BCUT2D eigenvalue weighted by Crippen LogP contribution is -2.32. The predicted molar refractivity (Wildman–Crippen MR) is 51.6 cm³/mol. The Morgan fingerprint density at radius 2 is 1.42 bits per heavy atom. The van der Waals surface area contributed by atoms with Crippen LogP contribution in [-0.2, 0) is 8.37 Å². The summed E-state index contributed by atoms with van der Waals surface area (Å²) in [6.45, 7) is 8.75. The Hall–Kier alpha value is 0.270. The molecule has 0 aromatic heterocycles. The van der Waals surface area contributed by atoms with E-state index < -0.39 is 0 Å². The Kier molecular flexibility index (Phi) is 3.87. The lowest BCUT2D eigenvalue weighted by molar-refractivity contribution is 0.0312. The molecule has 0 bridgehead atoms. The van der Waals surface area contributed by atoms with Crippen LogP contribution in [0.15, 0.2) is 0 Å². The molecule has 2 nitrogen and oxygen atoms in total. The van der Waals surface area contributed by atoms with Crippen LogP contribution < -0.4 is 0 Å². The largest absolute Gasteiger partial charge is 0.288 e. The van der Waals surface area contributed by atoms with Crippen molar-refractivity contribution < 1.29 is 8.37 Å². The van der Waals surface area contributed by atoms with Gasteiger partial charge in [0.05, 0.1) is 12.2 Å². The molecule has 12 heavy (non-hydrogen) atoms. The molecule has 2 atom stereocenters. The maximum absolute atomic E-state index is 5.41.